The summed E-state index contributed by atoms with van der Waals surface area (Å²) in [6.07, 6.45) is -3.60. The van der Waals surface area contributed by atoms with Crippen LogP contribution in [0.4, 0.5) is 19.0 Å². The lowest BCUT2D eigenvalue weighted by molar-refractivity contribution is -0.141. The predicted molar refractivity (Wildman–Crippen MR) is 104 cm³/mol. The van der Waals surface area contributed by atoms with Crippen LogP contribution in [-0.4, -0.2) is 24.6 Å². The zero-order valence-corrected chi connectivity index (χ0v) is 16.4. The molecule has 3 rings (SSSR count). The van der Waals surface area contributed by atoms with Gasteiger partial charge in [-0.15, -0.1) is 0 Å². The fraction of sp³-hybridized carbons (Fsp3) is 0.200. The molecule has 0 aliphatic carbocycles. The second-order valence-electron chi connectivity index (χ2n) is 6.53. The third kappa shape index (κ3) is 5.11. The molecule has 0 amide bonds. The van der Waals surface area contributed by atoms with Gasteiger partial charge in [-0.25, -0.2) is 18.4 Å². The summed E-state index contributed by atoms with van der Waals surface area (Å²) in [5.74, 6) is -0.131. The van der Waals surface area contributed by atoms with E-state index in [-0.39, 0.29) is 28.1 Å². The zero-order valence-electron chi connectivity index (χ0n) is 15.6. The summed E-state index contributed by atoms with van der Waals surface area (Å²) in [5, 5.41) is 2.97. The lowest BCUT2D eigenvalue weighted by atomic mass is 10.1. The van der Waals surface area contributed by atoms with E-state index in [0.717, 1.165) is 17.9 Å². The quantitative estimate of drug-likeness (QED) is 0.644. The summed E-state index contributed by atoms with van der Waals surface area (Å²) in [6, 6.07) is 15.2. The smallest absolute Gasteiger partial charge is 0.363 e. The summed E-state index contributed by atoms with van der Waals surface area (Å²) in [6.45, 7) is 1.81. The van der Waals surface area contributed by atoms with Crippen LogP contribution in [0.15, 0.2) is 65.6 Å². The SMILES string of the molecule is CC(Nc1cc(C(F)(F)F)nc(-c2ccc(S(C)(=O)=O)cc2)n1)c1ccccc1. The first-order valence-corrected chi connectivity index (χ1v) is 10.5. The third-order valence-electron chi connectivity index (χ3n) is 4.22. The van der Waals surface area contributed by atoms with E-state index in [9.17, 15) is 21.6 Å². The molecule has 5 nitrogen and oxygen atoms in total. The molecule has 1 N–H and O–H groups in total. The molecule has 0 bridgehead atoms. The van der Waals surface area contributed by atoms with Crippen molar-refractivity contribution in [1.82, 2.24) is 9.97 Å². The Kier molecular flexibility index (Phi) is 5.61. The van der Waals surface area contributed by atoms with Crippen molar-refractivity contribution in [2.75, 3.05) is 11.6 Å². The molecule has 0 fully saturated rings. The molecule has 0 spiro atoms. The third-order valence-corrected chi connectivity index (χ3v) is 5.35. The van der Waals surface area contributed by atoms with Gasteiger partial charge in [-0.3, -0.25) is 0 Å². The van der Waals surface area contributed by atoms with Gasteiger partial charge in [-0.1, -0.05) is 30.3 Å². The van der Waals surface area contributed by atoms with Gasteiger partial charge in [0, 0.05) is 23.9 Å². The molecule has 29 heavy (non-hydrogen) atoms. The van der Waals surface area contributed by atoms with Crippen molar-refractivity contribution in [3.8, 4) is 11.4 Å². The largest absolute Gasteiger partial charge is 0.433 e. The molecule has 0 aliphatic heterocycles. The summed E-state index contributed by atoms with van der Waals surface area (Å²) in [4.78, 5) is 7.88. The number of nitrogens with one attached hydrogen (secondary N) is 1. The Balaban J connectivity index is 2.00. The Hall–Kier alpha value is -2.94. The Morgan fingerprint density at radius 3 is 2.14 bits per heavy atom. The Labute approximate surface area is 166 Å². The summed E-state index contributed by atoms with van der Waals surface area (Å²) >= 11 is 0. The van der Waals surface area contributed by atoms with Crippen LogP contribution >= 0.6 is 0 Å². The average molecular weight is 421 g/mol. The molecular formula is C20H18F3N3O2S. The Morgan fingerprint density at radius 2 is 1.59 bits per heavy atom. The van der Waals surface area contributed by atoms with E-state index in [1.165, 1.54) is 24.3 Å². The predicted octanol–water partition coefficient (Wildman–Crippen LogP) is 4.74. The van der Waals surface area contributed by atoms with Crippen LogP contribution in [0.25, 0.3) is 11.4 Å². The van der Waals surface area contributed by atoms with Gasteiger partial charge in [0.15, 0.2) is 21.4 Å². The maximum absolute atomic E-state index is 13.3. The monoisotopic (exact) mass is 421 g/mol. The van der Waals surface area contributed by atoms with E-state index in [4.69, 9.17) is 0 Å². The molecule has 2 aromatic carbocycles. The lowest BCUT2D eigenvalue weighted by Crippen LogP contribution is -2.14. The van der Waals surface area contributed by atoms with Crippen LogP contribution < -0.4 is 5.32 Å². The summed E-state index contributed by atoms with van der Waals surface area (Å²) < 4.78 is 63.2. The normalized spacial score (nSPS) is 13.1. The zero-order chi connectivity index (χ0) is 21.2. The van der Waals surface area contributed by atoms with E-state index in [1.54, 1.807) is 0 Å². The number of halogens is 3. The maximum atomic E-state index is 13.3. The number of aromatic nitrogens is 2. The minimum atomic E-state index is -4.66. The molecule has 1 aromatic heterocycles. The number of benzene rings is 2. The topological polar surface area (TPSA) is 72.0 Å². The first-order valence-electron chi connectivity index (χ1n) is 8.62. The van der Waals surface area contributed by atoms with Crippen LogP contribution in [0.3, 0.4) is 0 Å². The highest BCUT2D eigenvalue weighted by Gasteiger charge is 2.34. The number of anilines is 1. The minimum Gasteiger partial charge on any atom is -0.363 e. The highest BCUT2D eigenvalue weighted by atomic mass is 32.2. The molecule has 3 aromatic rings. The van der Waals surface area contributed by atoms with Gasteiger partial charge in [0.1, 0.15) is 5.82 Å². The number of hydrogen-bond acceptors (Lipinski definition) is 5. The van der Waals surface area contributed by atoms with Crippen molar-refractivity contribution in [3.05, 3.63) is 71.9 Å². The standard InChI is InChI=1S/C20H18F3N3O2S/c1-13(14-6-4-3-5-7-14)24-18-12-17(20(21,22)23)25-19(26-18)15-8-10-16(11-9-15)29(2,27)28/h3-13H,1-2H3,(H,24,25,26). The highest BCUT2D eigenvalue weighted by Crippen LogP contribution is 2.32. The van der Waals surface area contributed by atoms with Crippen molar-refractivity contribution in [3.63, 3.8) is 0 Å². The number of nitrogens with zero attached hydrogens (tertiary/aromatic N) is 2. The van der Waals surface area contributed by atoms with Crippen LogP contribution in [0, 0.1) is 0 Å². The first kappa shape index (κ1) is 20.8. The number of sulfone groups is 1. The van der Waals surface area contributed by atoms with Gasteiger partial charge in [0.05, 0.1) is 4.90 Å². The molecule has 9 heteroatoms. The van der Waals surface area contributed by atoms with E-state index < -0.39 is 21.7 Å². The second kappa shape index (κ2) is 7.82. The second-order valence-corrected chi connectivity index (χ2v) is 8.55. The van der Waals surface area contributed by atoms with Gasteiger partial charge >= 0.3 is 6.18 Å². The van der Waals surface area contributed by atoms with Gasteiger partial charge in [-0.05, 0) is 36.8 Å². The van der Waals surface area contributed by atoms with Crippen molar-refractivity contribution in [1.29, 1.82) is 0 Å². The van der Waals surface area contributed by atoms with Crippen LogP contribution in [0.2, 0.25) is 0 Å². The molecule has 1 atom stereocenters. The minimum absolute atomic E-state index is 0.0193. The van der Waals surface area contributed by atoms with Crippen molar-refractivity contribution in [2.45, 2.75) is 24.0 Å². The number of hydrogen-bond donors (Lipinski definition) is 1. The van der Waals surface area contributed by atoms with E-state index in [2.05, 4.69) is 15.3 Å². The fourth-order valence-electron chi connectivity index (χ4n) is 2.69. The van der Waals surface area contributed by atoms with Crippen LogP contribution in [0.1, 0.15) is 24.2 Å². The van der Waals surface area contributed by atoms with E-state index >= 15 is 0 Å². The molecule has 152 valence electrons. The summed E-state index contributed by atoms with van der Waals surface area (Å²) in [5.41, 5.74) is 0.0788. The van der Waals surface area contributed by atoms with Crippen LogP contribution in [0.5, 0.6) is 0 Å². The Bertz CT molecular complexity index is 1100. The van der Waals surface area contributed by atoms with Crippen molar-refractivity contribution in [2.24, 2.45) is 0 Å². The number of alkyl halides is 3. The highest BCUT2D eigenvalue weighted by molar-refractivity contribution is 7.90. The van der Waals surface area contributed by atoms with Gasteiger partial charge in [0.25, 0.3) is 0 Å². The molecule has 1 heterocycles. The van der Waals surface area contributed by atoms with E-state index in [1.807, 2.05) is 37.3 Å². The van der Waals surface area contributed by atoms with Gasteiger partial charge < -0.3 is 5.32 Å². The first-order chi connectivity index (χ1) is 13.5. The van der Waals surface area contributed by atoms with Crippen molar-refractivity contribution >= 4 is 15.7 Å². The molecule has 0 aliphatic rings. The van der Waals surface area contributed by atoms with E-state index in [0.29, 0.717) is 0 Å². The van der Waals surface area contributed by atoms with Crippen LogP contribution in [-0.2, 0) is 16.0 Å². The maximum Gasteiger partial charge on any atom is 0.433 e. The van der Waals surface area contributed by atoms with Gasteiger partial charge in [-0.2, -0.15) is 13.2 Å². The average Bonchev–Trinajstić information content (AvgIpc) is 2.67. The Morgan fingerprint density at radius 1 is 0.966 bits per heavy atom. The van der Waals surface area contributed by atoms with Crippen molar-refractivity contribution < 1.29 is 21.6 Å². The number of rotatable bonds is 5. The molecular weight excluding hydrogens is 403 g/mol. The molecule has 0 radical (unpaired) electrons. The molecule has 0 saturated heterocycles. The molecule has 1 unspecified atom stereocenters. The summed E-state index contributed by atoms with van der Waals surface area (Å²) in [7, 11) is -3.42. The lowest BCUT2D eigenvalue weighted by Gasteiger charge is -2.17. The fourth-order valence-corrected chi connectivity index (χ4v) is 3.32. The van der Waals surface area contributed by atoms with Gasteiger partial charge in [0.2, 0.25) is 0 Å². The molecule has 0 saturated carbocycles.